The van der Waals surface area contributed by atoms with Gasteiger partial charge in [-0.1, -0.05) is 0 Å². The van der Waals surface area contributed by atoms with Crippen molar-refractivity contribution in [2.75, 3.05) is 13.7 Å². The Morgan fingerprint density at radius 2 is 2.29 bits per heavy atom. The largest absolute Gasteiger partial charge is 0.380 e. The third-order valence-electron chi connectivity index (χ3n) is 2.09. The Morgan fingerprint density at radius 1 is 1.65 bits per heavy atom. The minimum Gasteiger partial charge on any atom is -0.380 e. The van der Waals surface area contributed by atoms with Crippen molar-refractivity contribution in [1.82, 2.24) is 4.72 Å². The van der Waals surface area contributed by atoms with Gasteiger partial charge in [0.2, 0.25) is 10.0 Å². The fourth-order valence-electron chi connectivity index (χ4n) is 1.04. The highest BCUT2D eigenvalue weighted by atomic mass is 79.9. The molecule has 0 saturated carbocycles. The van der Waals surface area contributed by atoms with Crippen LogP contribution in [-0.2, 0) is 20.6 Å². The molecule has 1 rings (SSSR count). The summed E-state index contributed by atoms with van der Waals surface area (Å²) in [4.78, 5) is 1.03. The molecule has 1 aromatic heterocycles. The van der Waals surface area contributed by atoms with E-state index in [1.165, 1.54) is 18.4 Å². The van der Waals surface area contributed by atoms with E-state index in [-0.39, 0.29) is 17.5 Å². The molecule has 1 atom stereocenters. The zero-order chi connectivity index (χ0) is 13.1. The fraction of sp³-hybridized carbons (Fsp3) is 0.556. The Morgan fingerprint density at radius 3 is 2.76 bits per heavy atom. The molecule has 0 saturated heterocycles. The van der Waals surface area contributed by atoms with Crippen molar-refractivity contribution in [3.8, 4) is 0 Å². The number of hydrogen-bond donors (Lipinski definition) is 1. The lowest BCUT2D eigenvalue weighted by molar-refractivity contribution is 0.122. The SMILES string of the molecule is COC(C)CNS(=O)(=O)c1cc(CCl)sc1Br. The van der Waals surface area contributed by atoms with Gasteiger partial charge in [-0.25, -0.2) is 13.1 Å². The van der Waals surface area contributed by atoms with Gasteiger partial charge in [-0.05, 0) is 28.9 Å². The minimum absolute atomic E-state index is 0.172. The Kier molecular flexibility index (Phi) is 5.88. The summed E-state index contributed by atoms with van der Waals surface area (Å²) in [6.07, 6.45) is -0.172. The molecule has 0 aliphatic heterocycles. The van der Waals surface area contributed by atoms with E-state index in [0.717, 1.165) is 4.88 Å². The number of ether oxygens (including phenoxy) is 1. The molecule has 0 spiro atoms. The topological polar surface area (TPSA) is 55.4 Å². The standard InChI is InChI=1S/C9H13BrClNO3S2/c1-6(15-2)5-12-17(13,14)8-3-7(4-11)16-9(8)10/h3,6,12H,4-5H2,1-2H3. The van der Waals surface area contributed by atoms with Gasteiger partial charge in [0.1, 0.15) is 4.90 Å². The molecule has 17 heavy (non-hydrogen) atoms. The third-order valence-corrected chi connectivity index (χ3v) is 6.21. The minimum atomic E-state index is -3.51. The lowest BCUT2D eigenvalue weighted by Gasteiger charge is -2.10. The van der Waals surface area contributed by atoms with Gasteiger partial charge in [-0.3, -0.25) is 0 Å². The fourth-order valence-corrected chi connectivity index (χ4v) is 4.92. The van der Waals surface area contributed by atoms with Gasteiger partial charge in [-0.15, -0.1) is 22.9 Å². The van der Waals surface area contributed by atoms with Gasteiger partial charge in [-0.2, -0.15) is 0 Å². The summed E-state index contributed by atoms with van der Waals surface area (Å²) in [7, 11) is -1.98. The first-order chi connectivity index (χ1) is 7.90. The monoisotopic (exact) mass is 361 g/mol. The van der Waals surface area contributed by atoms with E-state index in [2.05, 4.69) is 20.7 Å². The predicted octanol–water partition coefficient (Wildman–Crippen LogP) is 2.56. The molecule has 0 radical (unpaired) electrons. The summed E-state index contributed by atoms with van der Waals surface area (Å²) in [5, 5.41) is 0. The molecular formula is C9H13BrClNO3S2. The van der Waals surface area contributed by atoms with Crippen LogP contribution in [0.25, 0.3) is 0 Å². The average molecular weight is 363 g/mol. The molecule has 4 nitrogen and oxygen atoms in total. The zero-order valence-corrected chi connectivity index (χ0v) is 13.3. The van der Waals surface area contributed by atoms with Gasteiger partial charge in [0.05, 0.1) is 15.8 Å². The lowest BCUT2D eigenvalue weighted by Crippen LogP contribution is -2.31. The highest BCUT2D eigenvalue weighted by Gasteiger charge is 2.21. The van der Waals surface area contributed by atoms with Crippen LogP contribution in [0.4, 0.5) is 0 Å². The van der Waals surface area contributed by atoms with Crippen LogP contribution < -0.4 is 4.72 Å². The molecule has 0 amide bonds. The Labute approximate surface area is 118 Å². The molecule has 0 aromatic carbocycles. The van der Waals surface area contributed by atoms with Crippen LogP contribution in [0, 0.1) is 0 Å². The lowest BCUT2D eigenvalue weighted by atomic mass is 10.4. The number of halogens is 2. The Bertz CT molecular complexity index is 475. The maximum Gasteiger partial charge on any atom is 0.242 e. The van der Waals surface area contributed by atoms with Crippen LogP contribution in [0.15, 0.2) is 14.7 Å². The smallest absolute Gasteiger partial charge is 0.242 e. The zero-order valence-electron chi connectivity index (χ0n) is 9.37. The van der Waals surface area contributed by atoms with Gasteiger partial charge in [0.25, 0.3) is 0 Å². The second kappa shape index (κ2) is 6.49. The van der Waals surface area contributed by atoms with E-state index < -0.39 is 10.0 Å². The van der Waals surface area contributed by atoms with E-state index in [0.29, 0.717) is 9.67 Å². The summed E-state index contributed by atoms with van der Waals surface area (Å²) >= 11 is 10.2. The van der Waals surface area contributed by atoms with Crippen molar-refractivity contribution in [3.63, 3.8) is 0 Å². The molecule has 1 heterocycles. The van der Waals surface area contributed by atoms with Crippen molar-refractivity contribution in [2.45, 2.75) is 23.8 Å². The number of methoxy groups -OCH3 is 1. The van der Waals surface area contributed by atoms with E-state index >= 15 is 0 Å². The molecule has 8 heteroatoms. The summed E-state index contributed by atoms with van der Waals surface area (Å²) in [5.74, 6) is 0.299. The second-order valence-corrected chi connectivity index (χ2v) is 7.84. The second-order valence-electron chi connectivity index (χ2n) is 3.38. The molecule has 0 aliphatic rings. The van der Waals surface area contributed by atoms with Crippen LogP contribution in [0.2, 0.25) is 0 Å². The van der Waals surface area contributed by atoms with E-state index in [1.54, 1.807) is 13.0 Å². The first-order valence-corrected chi connectivity index (χ1v) is 8.40. The maximum absolute atomic E-state index is 12.0. The van der Waals surface area contributed by atoms with E-state index in [9.17, 15) is 8.42 Å². The molecule has 0 aliphatic carbocycles. The highest BCUT2D eigenvalue weighted by molar-refractivity contribution is 9.11. The van der Waals surface area contributed by atoms with Gasteiger partial charge in [0, 0.05) is 18.5 Å². The average Bonchev–Trinajstić information content (AvgIpc) is 2.68. The predicted molar refractivity (Wildman–Crippen MR) is 73.2 cm³/mol. The van der Waals surface area contributed by atoms with Crippen LogP contribution in [-0.4, -0.2) is 28.2 Å². The van der Waals surface area contributed by atoms with Crippen molar-refractivity contribution >= 4 is 48.9 Å². The van der Waals surface area contributed by atoms with Gasteiger partial charge >= 0.3 is 0 Å². The molecule has 1 aromatic rings. The van der Waals surface area contributed by atoms with Crippen molar-refractivity contribution in [1.29, 1.82) is 0 Å². The number of thiophene rings is 1. The van der Waals surface area contributed by atoms with Crippen LogP contribution in [0.3, 0.4) is 0 Å². The van der Waals surface area contributed by atoms with Gasteiger partial charge in [0.15, 0.2) is 0 Å². The molecular weight excluding hydrogens is 350 g/mol. The quantitative estimate of drug-likeness (QED) is 0.791. The Balaban J connectivity index is 2.85. The summed E-state index contributed by atoms with van der Waals surface area (Å²) in [6.45, 7) is 2.02. The first kappa shape index (κ1) is 15.4. The maximum atomic E-state index is 12.0. The van der Waals surface area contributed by atoms with E-state index in [1.807, 2.05) is 0 Å². The normalized spacial score (nSPS) is 13.9. The van der Waals surface area contributed by atoms with Gasteiger partial charge < -0.3 is 4.74 Å². The molecule has 0 fully saturated rings. The third kappa shape index (κ3) is 4.18. The molecule has 98 valence electrons. The number of alkyl halides is 1. The summed E-state index contributed by atoms with van der Waals surface area (Å²) in [5.41, 5.74) is 0. The highest BCUT2D eigenvalue weighted by Crippen LogP contribution is 2.32. The number of nitrogens with one attached hydrogen (secondary N) is 1. The number of sulfonamides is 1. The van der Waals surface area contributed by atoms with Crippen molar-refractivity contribution in [2.24, 2.45) is 0 Å². The summed E-state index contributed by atoms with van der Waals surface area (Å²) in [6, 6.07) is 1.57. The molecule has 1 N–H and O–H groups in total. The number of rotatable bonds is 6. The van der Waals surface area contributed by atoms with Crippen molar-refractivity contribution < 1.29 is 13.2 Å². The van der Waals surface area contributed by atoms with E-state index in [4.69, 9.17) is 16.3 Å². The summed E-state index contributed by atoms with van der Waals surface area (Å²) < 4.78 is 32.0. The Hall–Kier alpha value is 0.340. The molecule has 1 unspecified atom stereocenters. The molecule has 0 bridgehead atoms. The van der Waals surface area contributed by atoms with Crippen LogP contribution in [0.5, 0.6) is 0 Å². The van der Waals surface area contributed by atoms with Crippen LogP contribution >= 0.6 is 38.9 Å². The number of hydrogen-bond acceptors (Lipinski definition) is 4. The first-order valence-electron chi connectivity index (χ1n) is 4.77. The van der Waals surface area contributed by atoms with Crippen molar-refractivity contribution in [3.05, 3.63) is 14.7 Å². The van der Waals surface area contributed by atoms with Crippen LogP contribution in [0.1, 0.15) is 11.8 Å².